The molecule has 0 aliphatic heterocycles. The number of aliphatic hydroxyl groups excluding tert-OH is 1. The van der Waals surface area contributed by atoms with Gasteiger partial charge in [-0.15, -0.1) is 0 Å². The van der Waals surface area contributed by atoms with Crippen LogP contribution in [0.2, 0.25) is 0 Å². The van der Waals surface area contributed by atoms with Crippen LogP contribution >= 0.6 is 0 Å². The van der Waals surface area contributed by atoms with Gasteiger partial charge in [-0.25, -0.2) is 0 Å². The van der Waals surface area contributed by atoms with E-state index in [0.29, 0.717) is 12.2 Å². The molecule has 0 saturated heterocycles. The smallest absolute Gasteiger partial charge is 0.267 e. The Labute approximate surface area is 102 Å². The van der Waals surface area contributed by atoms with Crippen molar-refractivity contribution in [1.82, 2.24) is 9.88 Å². The lowest BCUT2D eigenvalue weighted by atomic mass is 10.1. The molecule has 0 radical (unpaired) electrons. The molecule has 0 aromatic carbocycles. The van der Waals surface area contributed by atoms with Gasteiger partial charge in [-0.3, -0.25) is 4.79 Å². The van der Waals surface area contributed by atoms with E-state index in [2.05, 4.69) is 5.32 Å². The van der Waals surface area contributed by atoms with Gasteiger partial charge in [0, 0.05) is 25.2 Å². The number of nitrogens with one attached hydrogen (secondary N) is 1. The molecular weight excluding hydrogens is 216 g/mol. The highest BCUT2D eigenvalue weighted by atomic mass is 16.3. The van der Waals surface area contributed by atoms with Crippen LogP contribution in [-0.4, -0.2) is 28.2 Å². The highest BCUT2D eigenvalue weighted by Gasteiger charge is 2.25. The van der Waals surface area contributed by atoms with Gasteiger partial charge in [-0.1, -0.05) is 6.42 Å². The van der Waals surface area contributed by atoms with E-state index in [1.54, 1.807) is 0 Å². The van der Waals surface area contributed by atoms with E-state index in [1.807, 2.05) is 29.8 Å². The molecule has 1 aliphatic rings. The zero-order valence-corrected chi connectivity index (χ0v) is 10.2. The molecule has 2 rings (SSSR count). The Morgan fingerprint density at radius 3 is 3.06 bits per heavy atom. The summed E-state index contributed by atoms with van der Waals surface area (Å²) in [4.78, 5) is 11.9. The van der Waals surface area contributed by atoms with Gasteiger partial charge in [0.05, 0.1) is 6.10 Å². The first-order chi connectivity index (χ1) is 8.22. The molecule has 1 amide bonds. The molecule has 17 heavy (non-hydrogen) atoms. The third-order valence-corrected chi connectivity index (χ3v) is 3.55. The number of amides is 1. The van der Waals surface area contributed by atoms with Crippen molar-refractivity contribution < 1.29 is 9.90 Å². The van der Waals surface area contributed by atoms with Crippen molar-refractivity contribution in [2.45, 2.75) is 38.8 Å². The summed E-state index contributed by atoms with van der Waals surface area (Å²) in [7, 11) is 0. The van der Waals surface area contributed by atoms with Crippen LogP contribution in [0.25, 0.3) is 0 Å². The summed E-state index contributed by atoms with van der Waals surface area (Å²) in [5.41, 5.74) is 0.694. The summed E-state index contributed by atoms with van der Waals surface area (Å²) in [5, 5.41) is 12.6. The van der Waals surface area contributed by atoms with E-state index in [1.165, 1.54) is 0 Å². The van der Waals surface area contributed by atoms with Gasteiger partial charge in [0.2, 0.25) is 0 Å². The molecule has 94 valence electrons. The van der Waals surface area contributed by atoms with Crippen LogP contribution < -0.4 is 5.32 Å². The zero-order chi connectivity index (χ0) is 12.3. The Balaban J connectivity index is 1.89. The third kappa shape index (κ3) is 2.69. The second kappa shape index (κ2) is 5.36. The molecule has 1 saturated carbocycles. The highest BCUT2D eigenvalue weighted by molar-refractivity contribution is 5.92. The van der Waals surface area contributed by atoms with Crippen LogP contribution in [0.1, 0.15) is 36.7 Å². The van der Waals surface area contributed by atoms with E-state index in [0.717, 1.165) is 25.8 Å². The Morgan fingerprint density at radius 1 is 1.59 bits per heavy atom. The fourth-order valence-corrected chi connectivity index (χ4v) is 2.47. The molecule has 2 atom stereocenters. The third-order valence-electron chi connectivity index (χ3n) is 3.55. The molecule has 1 heterocycles. The van der Waals surface area contributed by atoms with Gasteiger partial charge in [0.1, 0.15) is 5.69 Å². The Kier molecular flexibility index (Phi) is 3.84. The molecule has 4 nitrogen and oxygen atoms in total. The molecule has 2 N–H and O–H groups in total. The van der Waals surface area contributed by atoms with E-state index >= 15 is 0 Å². The molecular formula is C13H20N2O2. The summed E-state index contributed by atoms with van der Waals surface area (Å²) >= 11 is 0. The molecule has 1 fully saturated rings. The van der Waals surface area contributed by atoms with Crippen molar-refractivity contribution in [2.75, 3.05) is 6.54 Å². The largest absolute Gasteiger partial charge is 0.393 e. The average Bonchev–Trinajstić information content (AvgIpc) is 2.94. The summed E-state index contributed by atoms with van der Waals surface area (Å²) in [6, 6.07) is 3.70. The maximum atomic E-state index is 11.9. The summed E-state index contributed by atoms with van der Waals surface area (Å²) in [6.45, 7) is 3.38. The maximum absolute atomic E-state index is 11.9. The van der Waals surface area contributed by atoms with E-state index in [-0.39, 0.29) is 17.9 Å². The van der Waals surface area contributed by atoms with Crippen molar-refractivity contribution in [2.24, 2.45) is 5.92 Å². The molecule has 0 spiro atoms. The van der Waals surface area contributed by atoms with E-state index < -0.39 is 0 Å². The van der Waals surface area contributed by atoms with Gasteiger partial charge >= 0.3 is 0 Å². The van der Waals surface area contributed by atoms with E-state index in [4.69, 9.17) is 0 Å². The first-order valence-corrected chi connectivity index (χ1v) is 6.33. The topological polar surface area (TPSA) is 54.3 Å². The van der Waals surface area contributed by atoms with Gasteiger partial charge in [-0.2, -0.15) is 0 Å². The number of aliphatic hydroxyl groups is 1. The fraction of sp³-hybridized carbons (Fsp3) is 0.615. The predicted molar refractivity (Wildman–Crippen MR) is 65.8 cm³/mol. The lowest BCUT2D eigenvalue weighted by Gasteiger charge is -2.15. The molecule has 1 aromatic rings. The number of hydrogen-bond acceptors (Lipinski definition) is 2. The minimum absolute atomic E-state index is 0.0454. The monoisotopic (exact) mass is 236 g/mol. The number of carbonyl (C=O) groups is 1. The summed E-state index contributed by atoms with van der Waals surface area (Å²) < 4.78 is 1.92. The summed E-state index contributed by atoms with van der Waals surface area (Å²) in [5.74, 6) is 0.180. The van der Waals surface area contributed by atoms with Crippen LogP contribution in [0.5, 0.6) is 0 Å². The second-order valence-corrected chi connectivity index (χ2v) is 4.65. The van der Waals surface area contributed by atoms with Crippen molar-refractivity contribution in [1.29, 1.82) is 0 Å². The fourth-order valence-electron chi connectivity index (χ4n) is 2.47. The second-order valence-electron chi connectivity index (χ2n) is 4.65. The van der Waals surface area contributed by atoms with Crippen LogP contribution in [0.4, 0.5) is 0 Å². The SMILES string of the molecule is CCn1cccc1C(=O)NCC1CCCC1O. The predicted octanol–water partition coefficient (Wildman–Crippen LogP) is 1.40. The molecule has 4 heteroatoms. The number of aromatic nitrogens is 1. The van der Waals surface area contributed by atoms with Crippen molar-refractivity contribution in [3.8, 4) is 0 Å². The Morgan fingerprint density at radius 2 is 2.41 bits per heavy atom. The van der Waals surface area contributed by atoms with Crippen LogP contribution in [0, 0.1) is 5.92 Å². The molecule has 0 bridgehead atoms. The summed E-state index contributed by atoms with van der Waals surface area (Å²) in [6.07, 6.45) is 4.60. The quantitative estimate of drug-likeness (QED) is 0.830. The Bertz CT molecular complexity index is 387. The van der Waals surface area contributed by atoms with Gasteiger partial charge < -0.3 is 15.0 Å². The minimum Gasteiger partial charge on any atom is -0.393 e. The van der Waals surface area contributed by atoms with Crippen LogP contribution in [0.3, 0.4) is 0 Å². The lowest BCUT2D eigenvalue weighted by Crippen LogP contribution is -2.33. The minimum atomic E-state index is -0.242. The lowest BCUT2D eigenvalue weighted by molar-refractivity contribution is 0.0908. The van der Waals surface area contributed by atoms with Gasteiger partial charge in [-0.05, 0) is 31.9 Å². The number of rotatable bonds is 4. The van der Waals surface area contributed by atoms with Crippen LogP contribution in [0.15, 0.2) is 18.3 Å². The van der Waals surface area contributed by atoms with Gasteiger partial charge in [0.25, 0.3) is 5.91 Å². The maximum Gasteiger partial charge on any atom is 0.267 e. The normalized spacial score (nSPS) is 23.9. The van der Waals surface area contributed by atoms with E-state index in [9.17, 15) is 9.90 Å². The van der Waals surface area contributed by atoms with Crippen LogP contribution in [-0.2, 0) is 6.54 Å². The molecule has 2 unspecified atom stereocenters. The van der Waals surface area contributed by atoms with Crippen molar-refractivity contribution >= 4 is 5.91 Å². The molecule has 1 aliphatic carbocycles. The Hall–Kier alpha value is -1.29. The van der Waals surface area contributed by atoms with Gasteiger partial charge in [0.15, 0.2) is 0 Å². The number of hydrogen-bond donors (Lipinski definition) is 2. The first-order valence-electron chi connectivity index (χ1n) is 6.33. The highest BCUT2D eigenvalue weighted by Crippen LogP contribution is 2.24. The standard InChI is InChI=1S/C13H20N2O2/c1-2-15-8-4-6-11(15)13(17)14-9-10-5-3-7-12(10)16/h4,6,8,10,12,16H,2-3,5,7,9H2,1H3,(H,14,17). The zero-order valence-electron chi connectivity index (χ0n) is 10.2. The average molecular weight is 236 g/mol. The number of aryl methyl sites for hydroxylation is 1. The van der Waals surface area contributed by atoms with Crippen molar-refractivity contribution in [3.05, 3.63) is 24.0 Å². The molecule has 1 aromatic heterocycles. The van der Waals surface area contributed by atoms with Crippen molar-refractivity contribution in [3.63, 3.8) is 0 Å². The number of carbonyl (C=O) groups excluding carboxylic acids is 1. The first kappa shape index (κ1) is 12.2. The number of nitrogens with zero attached hydrogens (tertiary/aromatic N) is 1.